The molecule has 10 heteroatoms. The summed E-state index contributed by atoms with van der Waals surface area (Å²) in [6.45, 7) is 0.607. The summed E-state index contributed by atoms with van der Waals surface area (Å²) in [5.74, 6) is -1.47. The van der Waals surface area contributed by atoms with Crippen molar-refractivity contribution in [1.29, 1.82) is 5.26 Å². The average molecular weight is 357 g/mol. The lowest BCUT2D eigenvalue weighted by molar-refractivity contribution is -0.146. The summed E-state index contributed by atoms with van der Waals surface area (Å²) in [7, 11) is -3.65. The molecule has 124 valence electrons. The normalized spacial score (nSPS) is 12.2. The largest absolute Gasteiger partial charge is 0.457 e. The lowest BCUT2D eigenvalue weighted by Crippen LogP contribution is -2.27. The van der Waals surface area contributed by atoms with Crippen LogP contribution in [0.25, 0.3) is 0 Å². The Hall–Kier alpha value is -2.22. The molecule has 0 aliphatic carbocycles. The third kappa shape index (κ3) is 5.82. The first-order chi connectivity index (χ1) is 10.8. The number of rotatable bonds is 8. The molecule has 0 atom stereocenters. The molecule has 0 saturated carbocycles. The number of carbonyl (C=O) groups is 2. The zero-order valence-corrected chi connectivity index (χ0v) is 13.9. The van der Waals surface area contributed by atoms with Gasteiger partial charge in [-0.1, -0.05) is 6.07 Å². The zero-order chi connectivity index (χ0) is 17.5. The minimum atomic E-state index is -3.65. The number of ketones is 1. The maximum atomic E-state index is 11.8. The second kappa shape index (κ2) is 8.42. The van der Waals surface area contributed by atoms with Crippen LogP contribution in [-0.2, 0) is 24.3 Å². The van der Waals surface area contributed by atoms with Gasteiger partial charge >= 0.3 is 5.97 Å². The summed E-state index contributed by atoms with van der Waals surface area (Å²) in [4.78, 5) is 23.0. The Morgan fingerprint density at radius 2 is 2.17 bits per heavy atom. The molecule has 1 heterocycles. The van der Waals surface area contributed by atoms with Gasteiger partial charge < -0.3 is 10.5 Å². The van der Waals surface area contributed by atoms with Crippen LogP contribution in [0.4, 0.5) is 0 Å². The highest BCUT2D eigenvalue weighted by Crippen LogP contribution is 2.15. The molecule has 0 aliphatic heterocycles. The molecule has 1 rings (SSSR count). The molecule has 1 aromatic heterocycles. The molecule has 23 heavy (non-hydrogen) atoms. The van der Waals surface area contributed by atoms with Crippen molar-refractivity contribution in [3.05, 3.63) is 28.8 Å². The van der Waals surface area contributed by atoms with Gasteiger partial charge in [0.2, 0.25) is 15.8 Å². The lowest BCUT2D eigenvalue weighted by Gasteiger charge is -2.06. The van der Waals surface area contributed by atoms with Crippen molar-refractivity contribution in [2.24, 2.45) is 5.73 Å². The fraction of sp³-hybridized carbons (Fsp3) is 0.308. The average Bonchev–Trinajstić information content (AvgIpc) is 3.00. The van der Waals surface area contributed by atoms with E-state index in [-0.39, 0.29) is 28.4 Å². The molecule has 0 bridgehead atoms. The number of esters is 1. The smallest absolute Gasteiger partial charge is 0.307 e. The number of ether oxygens (including phenoxy) is 1. The third-order valence-electron chi connectivity index (χ3n) is 2.53. The van der Waals surface area contributed by atoms with E-state index in [0.29, 0.717) is 0 Å². The van der Waals surface area contributed by atoms with Gasteiger partial charge in [0, 0.05) is 12.2 Å². The maximum Gasteiger partial charge on any atom is 0.307 e. The van der Waals surface area contributed by atoms with Crippen LogP contribution in [0.2, 0.25) is 0 Å². The first-order valence-electron chi connectivity index (χ1n) is 6.36. The number of hydrogen-bond donors (Lipinski definition) is 2. The summed E-state index contributed by atoms with van der Waals surface area (Å²) in [6.07, 6.45) is -0.245. The van der Waals surface area contributed by atoms with Gasteiger partial charge in [-0.25, -0.2) is 13.1 Å². The van der Waals surface area contributed by atoms with Crippen LogP contribution >= 0.6 is 11.3 Å². The summed E-state index contributed by atoms with van der Waals surface area (Å²) in [5.41, 5.74) is 5.12. The van der Waals surface area contributed by atoms with Crippen LogP contribution in [0, 0.1) is 11.3 Å². The Labute approximate surface area is 137 Å². The highest BCUT2D eigenvalue weighted by molar-refractivity contribution is 7.91. The second-order valence-electron chi connectivity index (χ2n) is 4.33. The number of nitriles is 1. The van der Waals surface area contributed by atoms with Crippen LogP contribution < -0.4 is 10.5 Å². The number of Topliss-reactive ketones (excluding diaryl/α,β-unsaturated/α-hetero) is 1. The molecule has 3 N–H and O–H groups in total. The molecule has 0 unspecified atom stereocenters. The van der Waals surface area contributed by atoms with Crippen molar-refractivity contribution in [3.63, 3.8) is 0 Å². The van der Waals surface area contributed by atoms with Crippen molar-refractivity contribution in [3.8, 4) is 6.07 Å². The van der Waals surface area contributed by atoms with Gasteiger partial charge in [0.1, 0.15) is 15.9 Å². The van der Waals surface area contributed by atoms with Crippen molar-refractivity contribution < 1.29 is 22.7 Å². The third-order valence-corrected chi connectivity index (χ3v) is 5.39. The number of thiophene rings is 1. The quantitative estimate of drug-likeness (QED) is 0.387. The highest BCUT2D eigenvalue weighted by atomic mass is 32.2. The van der Waals surface area contributed by atoms with E-state index in [0.717, 1.165) is 11.3 Å². The number of nitrogens with one attached hydrogen (secondary N) is 1. The lowest BCUT2D eigenvalue weighted by atomic mass is 10.1. The fourth-order valence-corrected chi connectivity index (χ4v) is 3.51. The monoisotopic (exact) mass is 357 g/mol. The standard InChI is InChI=1S/C13H15N3O5S2/c1-9(15)10(7-14)11(17)8-21-12(18)4-5-16-23(19,20)13-3-2-6-22-13/h2-3,6,16H,4-5,8,15H2,1H3. The van der Waals surface area contributed by atoms with E-state index in [1.807, 2.05) is 0 Å². The predicted octanol–water partition coefficient (Wildman–Crippen LogP) is 0.285. The van der Waals surface area contributed by atoms with E-state index < -0.39 is 28.4 Å². The molecule has 0 fully saturated rings. The van der Waals surface area contributed by atoms with E-state index in [1.54, 1.807) is 17.5 Å². The summed E-state index contributed by atoms with van der Waals surface area (Å²) < 4.78 is 30.6. The molecular formula is C13H15N3O5S2. The molecule has 8 nitrogen and oxygen atoms in total. The van der Waals surface area contributed by atoms with Crippen LogP contribution in [0.5, 0.6) is 0 Å². The number of carbonyl (C=O) groups excluding carboxylic acids is 2. The van der Waals surface area contributed by atoms with Crippen molar-refractivity contribution >= 4 is 33.1 Å². The Morgan fingerprint density at radius 3 is 2.70 bits per heavy atom. The van der Waals surface area contributed by atoms with Crippen LogP contribution in [-0.4, -0.2) is 33.3 Å². The predicted molar refractivity (Wildman–Crippen MR) is 82.6 cm³/mol. The SMILES string of the molecule is CC(N)=C(C#N)C(=O)COC(=O)CCNS(=O)(=O)c1cccs1. The van der Waals surface area contributed by atoms with E-state index in [4.69, 9.17) is 11.0 Å². The van der Waals surface area contributed by atoms with Gasteiger partial charge in [-0.05, 0) is 18.4 Å². The topological polar surface area (TPSA) is 139 Å². The van der Waals surface area contributed by atoms with Gasteiger partial charge in [0.15, 0.2) is 6.61 Å². The molecule has 0 saturated heterocycles. The minimum absolute atomic E-state index is 0.0391. The Kier molecular flexibility index (Phi) is 6.89. The summed E-state index contributed by atoms with van der Waals surface area (Å²) in [5, 5.41) is 10.3. The summed E-state index contributed by atoms with van der Waals surface area (Å²) in [6, 6.07) is 4.66. The number of hydrogen-bond acceptors (Lipinski definition) is 8. The summed E-state index contributed by atoms with van der Waals surface area (Å²) >= 11 is 1.05. The van der Waals surface area contributed by atoms with E-state index in [9.17, 15) is 18.0 Å². The van der Waals surface area contributed by atoms with Gasteiger partial charge in [0.05, 0.1) is 6.42 Å². The Bertz CT molecular complexity index is 741. The van der Waals surface area contributed by atoms with E-state index >= 15 is 0 Å². The van der Waals surface area contributed by atoms with Gasteiger partial charge in [-0.15, -0.1) is 11.3 Å². The molecule has 0 spiro atoms. The Morgan fingerprint density at radius 1 is 1.48 bits per heavy atom. The molecule has 0 aromatic carbocycles. The molecule has 1 aromatic rings. The first kappa shape index (κ1) is 18.8. The van der Waals surface area contributed by atoms with Gasteiger partial charge in [-0.2, -0.15) is 5.26 Å². The van der Waals surface area contributed by atoms with Crippen molar-refractivity contribution in [1.82, 2.24) is 4.72 Å². The molecule has 0 amide bonds. The molecule has 0 aliphatic rings. The van der Waals surface area contributed by atoms with Crippen molar-refractivity contribution in [2.75, 3.05) is 13.2 Å². The van der Waals surface area contributed by atoms with Crippen LogP contribution in [0.3, 0.4) is 0 Å². The van der Waals surface area contributed by atoms with E-state index in [1.165, 1.54) is 13.0 Å². The molecule has 0 radical (unpaired) electrons. The molecular weight excluding hydrogens is 342 g/mol. The number of sulfonamides is 1. The van der Waals surface area contributed by atoms with Crippen molar-refractivity contribution in [2.45, 2.75) is 17.6 Å². The van der Waals surface area contributed by atoms with Crippen LogP contribution in [0.1, 0.15) is 13.3 Å². The highest BCUT2D eigenvalue weighted by Gasteiger charge is 2.17. The van der Waals surface area contributed by atoms with Crippen LogP contribution in [0.15, 0.2) is 33.0 Å². The number of nitrogens with zero attached hydrogens (tertiary/aromatic N) is 1. The Balaban J connectivity index is 2.40. The fourth-order valence-electron chi connectivity index (χ4n) is 1.44. The second-order valence-corrected chi connectivity index (χ2v) is 7.28. The first-order valence-corrected chi connectivity index (χ1v) is 8.72. The number of nitrogens with two attached hydrogens (primary N) is 1. The van der Waals surface area contributed by atoms with Gasteiger partial charge in [-0.3, -0.25) is 9.59 Å². The maximum absolute atomic E-state index is 11.8. The van der Waals surface area contributed by atoms with E-state index in [2.05, 4.69) is 9.46 Å². The zero-order valence-electron chi connectivity index (χ0n) is 12.2. The number of allylic oxidation sites excluding steroid dienone is 1. The minimum Gasteiger partial charge on any atom is -0.457 e. The van der Waals surface area contributed by atoms with Gasteiger partial charge in [0.25, 0.3) is 0 Å².